The van der Waals surface area contributed by atoms with E-state index in [1.54, 1.807) is 206 Å². The third kappa shape index (κ3) is 24.0. The Morgan fingerprint density at radius 2 is 0.488 bits per heavy atom. The van der Waals surface area contributed by atoms with E-state index >= 15 is 0 Å². The summed E-state index contributed by atoms with van der Waals surface area (Å²) in [6, 6.07) is 57.7. The highest BCUT2D eigenvalue weighted by atomic mass is 16.6. The fourth-order valence-electron chi connectivity index (χ4n) is 13.0. The second-order valence-electron chi connectivity index (χ2n) is 27.6. The fourth-order valence-corrected chi connectivity index (χ4v) is 13.0. The van der Waals surface area contributed by atoms with Gasteiger partial charge in [-0.05, 0) is 198 Å². The van der Waals surface area contributed by atoms with Crippen molar-refractivity contribution in [3.05, 3.63) is 290 Å². The van der Waals surface area contributed by atoms with E-state index in [1.807, 2.05) is 0 Å². The van der Waals surface area contributed by atoms with Gasteiger partial charge in [-0.1, -0.05) is 123 Å². The van der Waals surface area contributed by atoms with E-state index in [2.05, 4.69) is 50.0 Å². The molecular formula is C101H80O24. The van der Waals surface area contributed by atoms with Crippen molar-refractivity contribution in [2.45, 2.75) is 30.8 Å². The summed E-state index contributed by atoms with van der Waals surface area (Å²) in [4.78, 5) is 108. The SMILES string of the molecule is C#CCOc1ccc2cc(C(=O)OCC(COc3ccc4ccc(OCC(COC(=O)c5ccc6cc(OCC#C)ccc6c5)OC(=O)C=C)c(Cc5c(OCC(COC(=O)c6ccc7cc(OCC#C)ccc7c6)OC(=O)C=C)ccc6ccc(OCC(COC(=O)c7ccc8cc(OCC#C)ccc8c7)OC(=O)C=C)cc56)c4c3)OC(=O)C=C)ccc2c1. The maximum absolute atomic E-state index is 14.0. The molecule has 0 radical (unpaired) electrons. The molecule has 12 aromatic carbocycles. The van der Waals surface area contributed by atoms with Gasteiger partial charge < -0.3 is 75.8 Å². The van der Waals surface area contributed by atoms with Crippen LogP contribution in [0.15, 0.2) is 257 Å². The molecule has 0 saturated heterocycles. The predicted octanol–water partition coefficient (Wildman–Crippen LogP) is 15.6. The lowest BCUT2D eigenvalue weighted by Gasteiger charge is -2.23. The molecule has 4 unspecified atom stereocenters. The third-order valence-electron chi connectivity index (χ3n) is 19.1. The molecule has 0 aliphatic carbocycles. The van der Waals surface area contributed by atoms with E-state index in [0.29, 0.717) is 77.2 Å². The molecule has 0 aliphatic heterocycles. The molecule has 0 saturated carbocycles. The van der Waals surface area contributed by atoms with Crippen molar-refractivity contribution in [3.63, 3.8) is 0 Å². The maximum Gasteiger partial charge on any atom is 0.338 e. The Hall–Kier alpha value is -16.4. The summed E-state index contributed by atoms with van der Waals surface area (Å²) in [6.07, 6.45) is 20.2. The van der Waals surface area contributed by atoms with Crippen LogP contribution in [0, 0.1) is 49.4 Å². The number of fused-ring (bicyclic) bond motifs is 6. The number of hydrogen-bond acceptors (Lipinski definition) is 24. The van der Waals surface area contributed by atoms with Gasteiger partial charge in [0.05, 0.1) is 22.3 Å². The van der Waals surface area contributed by atoms with Crippen LogP contribution in [0.1, 0.15) is 52.6 Å². The molecule has 12 aromatic rings. The number of rotatable bonds is 42. The lowest BCUT2D eigenvalue weighted by molar-refractivity contribution is -0.147. The first-order valence-corrected chi connectivity index (χ1v) is 38.8. The third-order valence-corrected chi connectivity index (χ3v) is 19.1. The number of carbonyl (C=O) groups excluding carboxylic acids is 8. The van der Waals surface area contributed by atoms with Gasteiger partial charge in [-0.15, -0.1) is 25.7 Å². The summed E-state index contributed by atoms with van der Waals surface area (Å²) < 4.78 is 95.1. The summed E-state index contributed by atoms with van der Waals surface area (Å²) in [5, 5.41) is 7.91. The topological polar surface area (TPSA) is 284 Å². The van der Waals surface area contributed by atoms with Crippen LogP contribution < -0.4 is 37.9 Å². The molecule has 4 atom stereocenters. The minimum Gasteiger partial charge on any atom is -0.490 e. The number of terminal acetylenes is 4. The molecule has 125 heavy (non-hydrogen) atoms. The van der Waals surface area contributed by atoms with Crippen molar-refractivity contribution in [3.8, 4) is 95.4 Å². The molecule has 0 amide bonds. The number of benzene rings is 12. The van der Waals surface area contributed by atoms with E-state index in [9.17, 15) is 38.4 Å². The Morgan fingerprint density at radius 3 is 0.744 bits per heavy atom. The Labute approximate surface area is 718 Å². The molecule has 0 heterocycles. The number of ether oxygens (including phenoxy) is 16. The monoisotopic (exact) mass is 1680 g/mol. The summed E-state index contributed by atoms with van der Waals surface area (Å²) in [5.74, 6) is 6.14. The van der Waals surface area contributed by atoms with Crippen LogP contribution in [0.25, 0.3) is 64.6 Å². The molecule has 628 valence electrons. The molecule has 0 bridgehead atoms. The highest BCUT2D eigenvalue weighted by molar-refractivity contribution is 6.00. The average molecular weight is 1680 g/mol. The smallest absolute Gasteiger partial charge is 0.338 e. The number of carbonyl (C=O) groups is 8. The first-order valence-electron chi connectivity index (χ1n) is 38.8. The quantitative estimate of drug-likeness (QED) is 0.0149. The van der Waals surface area contributed by atoms with Crippen molar-refractivity contribution in [2.75, 3.05) is 79.3 Å². The van der Waals surface area contributed by atoms with Gasteiger partial charge in [0.25, 0.3) is 0 Å². The summed E-state index contributed by atoms with van der Waals surface area (Å²) in [7, 11) is 0. The number of esters is 8. The van der Waals surface area contributed by atoms with E-state index < -0.39 is 112 Å². The van der Waals surface area contributed by atoms with Crippen LogP contribution in [0.3, 0.4) is 0 Å². The molecule has 0 N–H and O–H groups in total. The van der Waals surface area contributed by atoms with Gasteiger partial charge in [-0.25, -0.2) is 38.4 Å². The van der Waals surface area contributed by atoms with Gasteiger partial charge in [0.2, 0.25) is 0 Å². The Kier molecular flexibility index (Phi) is 30.2. The zero-order valence-electron chi connectivity index (χ0n) is 67.4. The lowest BCUT2D eigenvalue weighted by Crippen LogP contribution is -2.31. The first-order chi connectivity index (χ1) is 60.8. The fraction of sp³-hybridized carbons (Fsp3) is 0.168. The van der Waals surface area contributed by atoms with Gasteiger partial charge in [0, 0.05) is 41.9 Å². The summed E-state index contributed by atoms with van der Waals surface area (Å²) in [5.41, 5.74) is 1.54. The first kappa shape index (κ1) is 87.9. The van der Waals surface area contributed by atoms with Crippen LogP contribution in [0.2, 0.25) is 0 Å². The Morgan fingerprint density at radius 1 is 0.264 bits per heavy atom. The lowest BCUT2D eigenvalue weighted by atomic mass is 9.93. The molecule has 24 heteroatoms. The zero-order chi connectivity index (χ0) is 88.1. The van der Waals surface area contributed by atoms with Crippen molar-refractivity contribution in [2.24, 2.45) is 0 Å². The summed E-state index contributed by atoms with van der Waals surface area (Å²) >= 11 is 0. The van der Waals surface area contributed by atoms with E-state index in [1.165, 1.54) is 0 Å². The van der Waals surface area contributed by atoms with Gasteiger partial charge in [0.1, 0.15) is 125 Å². The van der Waals surface area contributed by atoms with Crippen LogP contribution >= 0.6 is 0 Å². The van der Waals surface area contributed by atoms with E-state index in [-0.39, 0.29) is 91.3 Å². The molecule has 0 aliphatic rings. The highest BCUT2D eigenvalue weighted by Crippen LogP contribution is 2.40. The normalized spacial score (nSPS) is 11.7. The van der Waals surface area contributed by atoms with Gasteiger partial charge in [-0.3, -0.25) is 0 Å². The minimum atomic E-state index is -1.29. The maximum atomic E-state index is 14.0. The van der Waals surface area contributed by atoms with Gasteiger partial charge in [-0.2, -0.15) is 0 Å². The van der Waals surface area contributed by atoms with Crippen molar-refractivity contribution >= 4 is 112 Å². The van der Waals surface area contributed by atoms with Crippen molar-refractivity contribution in [1.82, 2.24) is 0 Å². The van der Waals surface area contributed by atoms with E-state index in [4.69, 9.17) is 101 Å². The second-order valence-corrected chi connectivity index (χ2v) is 27.6. The molecular weight excluding hydrogens is 1600 g/mol. The molecule has 12 rings (SSSR count). The van der Waals surface area contributed by atoms with Crippen LogP contribution in [-0.2, 0) is 63.5 Å². The van der Waals surface area contributed by atoms with Crippen LogP contribution in [0.5, 0.6) is 46.0 Å². The predicted molar refractivity (Wildman–Crippen MR) is 467 cm³/mol. The van der Waals surface area contributed by atoms with Crippen molar-refractivity contribution in [1.29, 1.82) is 0 Å². The Bertz CT molecular complexity index is 5940. The van der Waals surface area contributed by atoms with Gasteiger partial charge in [0.15, 0.2) is 24.4 Å². The highest BCUT2D eigenvalue weighted by Gasteiger charge is 2.27. The second kappa shape index (κ2) is 43.0. The minimum absolute atomic E-state index is 0.0533. The van der Waals surface area contributed by atoms with E-state index in [0.717, 1.165) is 45.8 Å². The molecule has 0 aromatic heterocycles. The van der Waals surface area contributed by atoms with Crippen LogP contribution in [-0.4, -0.2) is 151 Å². The van der Waals surface area contributed by atoms with Crippen molar-refractivity contribution < 1.29 is 114 Å². The van der Waals surface area contributed by atoms with Gasteiger partial charge >= 0.3 is 47.8 Å². The average Bonchev–Trinajstić information content (AvgIpc) is 0.764. The van der Waals surface area contributed by atoms with Crippen LogP contribution in [0.4, 0.5) is 0 Å². The molecule has 0 spiro atoms. The molecule has 0 fully saturated rings. The standard InChI is InChI=1S/C101H80O24/c1-9-41-110-78-35-27-66-45-74(21-17-70(66)49-78)98(106)118-60-84(122-94(102)13-5)56-114-82-33-25-64-31-39-92(116-58-86(124-96(104)15-7)62-120-100(108)76-23-19-72-51-80(112-43-11-3)37-29-68(72)47-76)90(88(64)53-82)55-91-89-54-83(115-57-85(123-95(103)14-6)61-119-99(107)75-22-18-71-50-79(111-42-10-2)36-28-67(71)46-75)34-26-65(89)32-40-93(91)117-59-87(125-97(105)16-8)63-121-101(109)77-24-20-73-52-81(113-44-12-4)38-30-69(73)48-77/h1-4,13-40,45-54,84-87H,5-8,41-44,55-63H2. The number of hydrogen-bond donors (Lipinski definition) is 0. The summed E-state index contributed by atoms with van der Waals surface area (Å²) in [6.45, 7) is 10.9. The molecule has 24 nitrogen and oxygen atoms in total. The largest absolute Gasteiger partial charge is 0.490 e. The zero-order valence-corrected chi connectivity index (χ0v) is 67.4. The Balaban J connectivity index is 0.896.